The zero-order chi connectivity index (χ0) is 21.9. The molecule has 0 radical (unpaired) electrons. The van der Waals surface area contributed by atoms with Gasteiger partial charge in [0.25, 0.3) is 0 Å². The van der Waals surface area contributed by atoms with Gasteiger partial charge < -0.3 is 4.90 Å². The first-order chi connectivity index (χ1) is 14.1. The van der Waals surface area contributed by atoms with E-state index in [2.05, 4.69) is 10.2 Å². The molecule has 8 nitrogen and oxygen atoms in total. The number of nitrogens with two attached hydrogens (primary N) is 1. The summed E-state index contributed by atoms with van der Waals surface area (Å²) in [6.45, 7) is 0.636. The van der Waals surface area contributed by atoms with Crippen molar-refractivity contribution in [3.05, 3.63) is 23.8 Å². The summed E-state index contributed by atoms with van der Waals surface area (Å²) in [5.41, 5.74) is -0.136. The van der Waals surface area contributed by atoms with Crippen LogP contribution in [-0.2, 0) is 24.4 Å². The molecule has 0 aromatic heterocycles. The van der Waals surface area contributed by atoms with Crippen LogP contribution in [0.3, 0.4) is 0 Å². The Bertz CT molecular complexity index is 958. The molecule has 0 spiro atoms. The van der Waals surface area contributed by atoms with Crippen molar-refractivity contribution in [3.8, 4) is 0 Å². The normalized spacial score (nSPS) is 19.9. The Morgan fingerprint density at radius 1 is 0.967 bits per heavy atom. The van der Waals surface area contributed by atoms with Gasteiger partial charge in [-0.05, 0) is 12.3 Å². The third-order valence-electron chi connectivity index (χ3n) is 5.88. The van der Waals surface area contributed by atoms with Gasteiger partial charge in [-0.15, -0.1) is 0 Å². The van der Waals surface area contributed by atoms with Crippen LogP contribution in [0.25, 0.3) is 0 Å². The Labute approximate surface area is 176 Å². The Balaban J connectivity index is 1.63. The minimum absolute atomic E-state index is 0.103. The lowest BCUT2D eigenvalue weighted by Gasteiger charge is -2.36. The zero-order valence-corrected chi connectivity index (χ0v) is 18.2. The van der Waals surface area contributed by atoms with E-state index >= 15 is 0 Å². The number of hydrogen-bond acceptors (Lipinski definition) is 7. The van der Waals surface area contributed by atoms with Crippen molar-refractivity contribution in [2.75, 3.05) is 36.8 Å². The number of piperazine rings is 1. The van der Waals surface area contributed by atoms with Gasteiger partial charge in [-0.3, -0.25) is 0 Å². The van der Waals surface area contributed by atoms with Gasteiger partial charge in [0.1, 0.15) is 16.5 Å². The van der Waals surface area contributed by atoms with Gasteiger partial charge in [-0.25, -0.2) is 17.2 Å². The van der Waals surface area contributed by atoms with Gasteiger partial charge >= 0.3 is 10.1 Å². The zero-order valence-electron chi connectivity index (χ0n) is 16.6. The molecule has 1 saturated heterocycles. The third kappa shape index (κ3) is 5.28. The average molecular weight is 468 g/mol. The van der Waals surface area contributed by atoms with E-state index in [0.717, 1.165) is 31.7 Å². The number of halogens is 2. The second-order valence-electron chi connectivity index (χ2n) is 7.78. The molecule has 2 N–H and O–H groups in total. The van der Waals surface area contributed by atoms with E-state index in [4.69, 9.17) is 0 Å². The standard InChI is InChI=1S/C18H27F2N3O5S2/c19-15-13-18(30(26,27)28-21)16(20)12-17(15)22-7-9-23(10-8-22)29(24,25)11-6-14-4-2-1-3-5-14/h12-14H,1-11,21H2. The predicted molar refractivity (Wildman–Crippen MR) is 108 cm³/mol. The van der Waals surface area contributed by atoms with Gasteiger partial charge in [-0.1, -0.05) is 32.1 Å². The fraction of sp³-hybridized carbons (Fsp3) is 0.667. The van der Waals surface area contributed by atoms with E-state index in [0.29, 0.717) is 18.4 Å². The molecule has 12 heteroatoms. The molecule has 1 aromatic rings. The molecule has 3 rings (SSSR count). The summed E-state index contributed by atoms with van der Waals surface area (Å²) in [5.74, 6) is 3.02. The van der Waals surface area contributed by atoms with Crippen molar-refractivity contribution in [2.24, 2.45) is 11.8 Å². The van der Waals surface area contributed by atoms with Crippen molar-refractivity contribution in [1.29, 1.82) is 0 Å². The van der Waals surface area contributed by atoms with Crippen LogP contribution in [0, 0.1) is 17.6 Å². The van der Waals surface area contributed by atoms with Crippen molar-refractivity contribution in [1.82, 2.24) is 4.31 Å². The van der Waals surface area contributed by atoms with Crippen LogP contribution < -0.4 is 10.8 Å². The van der Waals surface area contributed by atoms with Crippen LogP contribution in [0.2, 0.25) is 0 Å². The minimum atomic E-state index is -4.59. The molecule has 2 aliphatic rings. The fourth-order valence-electron chi connectivity index (χ4n) is 4.13. The Hall–Kier alpha value is -1.34. The van der Waals surface area contributed by atoms with Crippen LogP contribution in [0.5, 0.6) is 0 Å². The maximum atomic E-state index is 14.4. The molecule has 30 heavy (non-hydrogen) atoms. The molecule has 0 amide bonds. The lowest BCUT2D eigenvalue weighted by atomic mass is 9.88. The van der Waals surface area contributed by atoms with E-state index in [1.54, 1.807) is 0 Å². The van der Waals surface area contributed by atoms with Crippen molar-refractivity contribution in [2.45, 2.75) is 43.4 Å². The third-order valence-corrected chi connectivity index (χ3v) is 8.89. The van der Waals surface area contributed by atoms with Crippen LogP contribution in [0.1, 0.15) is 38.5 Å². The van der Waals surface area contributed by atoms with Gasteiger partial charge in [0, 0.05) is 38.3 Å². The topological polar surface area (TPSA) is 110 Å². The predicted octanol–water partition coefficient (Wildman–Crippen LogP) is 1.97. The lowest BCUT2D eigenvalue weighted by Crippen LogP contribution is -2.49. The van der Waals surface area contributed by atoms with Crippen LogP contribution in [0.4, 0.5) is 14.5 Å². The second-order valence-corrected chi connectivity index (χ2v) is 11.4. The molecule has 1 aliphatic heterocycles. The smallest absolute Gasteiger partial charge is 0.315 e. The summed E-state index contributed by atoms with van der Waals surface area (Å²) in [5, 5.41) is 0. The largest absolute Gasteiger partial charge is 0.366 e. The summed E-state index contributed by atoms with van der Waals surface area (Å²) in [6, 6.07) is 1.27. The molecule has 1 saturated carbocycles. The van der Waals surface area contributed by atoms with Crippen molar-refractivity contribution in [3.63, 3.8) is 0 Å². The maximum Gasteiger partial charge on any atom is 0.315 e. The van der Waals surface area contributed by atoms with E-state index in [1.807, 2.05) is 0 Å². The second kappa shape index (κ2) is 9.43. The molecule has 0 atom stereocenters. The summed E-state index contributed by atoms with van der Waals surface area (Å²) in [6.07, 6.45) is 6.34. The monoisotopic (exact) mass is 467 g/mol. The molecule has 1 aliphatic carbocycles. The number of rotatable bonds is 7. The highest BCUT2D eigenvalue weighted by Gasteiger charge is 2.30. The molecule has 170 valence electrons. The van der Waals surface area contributed by atoms with Crippen LogP contribution in [0.15, 0.2) is 17.0 Å². The Morgan fingerprint density at radius 3 is 2.20 bits per heavy atom. The van der Waals surface area contributed by atoms with E-state index in [1.165, 1.54) is 15.6 Å². The first-order valence-corrected chi connectivity index (χ1v) is 13.0. The van der Waals surface area contributed by atoms with Crippen molar-refractivity contribution < 1.29 is 29.9 Å². The molecule has 0 bridgehead atoms. The summed E-state index contributed by atoms with van der Waals surface area (Å²) in [7, 11) is -7.99. The van der Waals surface area contributed by atoms with Gasteiger partial charge in [0.2, 0.25) is 10.0 Å². The molecule has 1 heterocycles. The minimum Gasteiger partial charge on any atom is -0.366 e. The van der Waals surface area contributed by atoms with Crippen LogP contribution in [-0.4, -0.2) is 53.1 Å². The number of benzene rings is 1. The number of sulfonamides is 1. The Kier molecular flexibility index (Phi) is 7.33. The highest BCUT2D eigenvalue weighted by molar-refractivity contribution is 7.89. The number of nitrogens with zero attached hydrogens (tertiary/aromatic N) is 2. The van der Waals surface area contributed by atoms with Gasteiger partial charge in [0.15, 0.2) is 0 Å². The molecular formula is C18H27F2N3O5S2. The highest BCUT2D eigenvalue weighted by atomic mass is 32.2. The number of hydrogen-bond donors (Lipinski definition) is 1. The van der Waals surface area contributed by atoms with E-state index in [-0.39, 0.29) is 37.6 Å². The van der Waals surface area contributed by atoms with Gasteiger partial charge in [0.05, 0.1) is 11.4 Å². The summed E-state index contributed by atoms with van der Waals surface area (Å²) in [4.78, 5) is 0.501. The average Bonchev–Trinajstić information content (AvgIpc) is 2.74. The molecule has 0 unspecified atom stereocenters. The van der Waals surface area contributed by atoms with Crippen LogP contribution >= 0.6 is 0 Å². The van der Waals surface area contributed by atoms with Crippen molar-refractivity contribution >= 4 is 25.8 Å². The quantitative estimate of drug-likeness (QED) is 0.611. The highest BCUT2D eigenvalue weighted by Crippen LogP contribution is 2.29. The lowest BCUT2D eigenvalue weighted by molar-refractivity contribution is 0.329. The number of anilines is 1. The molecule has 1 aromatic carbocycles. The Morgan fingerprint density at radius 2 is 1.60 bits per heavy atom. The molecule has 2 fully saturated rings. The fourth-order valence-corrected chi connectivity index (χ4v) is 6.39. The van der Waals surface area contributed by atoms with E-state index < -0.39 is 36.7 Å². The summed E-state index contributed by atoms with van der Waals surface area (Å²) < 4.78 is 82.2. The summed E-state index contributed by atoms with van der Waals surface area (Å²) >= 11 is 0. The van der Waals surface area contributed by atoms with Gasteiger partial charge in [-0.2, -0.15) is 22.9 Å². The first-order valence-electron chi connectivity index (χ1n) is 9.99. The molecular weight excluding hydrogens is 440 g/mol. The SMILES string of the molecule is NOS(=O)(=O)c1cc(F)c(N2CCN(S(=O)(=O)CCC3CCCCC3)CC2)cc1F. The van der Waals surface area contributed by atoms with E-state index in [9.17, 15) is 25.6 Å². The first kappa shape index (κ1) is 23.3. The maximum absolute atomic E-state index is 14.4.